The van der Waals surface area contributed by atoms with Gasteiger partial charge in [-0.2, -0.15) is 0 Å². The van der Waals surface area contributed by atoms with E-state index in [-0.39, 0.29) is 0 Å². The molecule has 2 unspecified atom stereocenters. The van der Waals surface area contributed by atoms with E-state index in [9.17, 15) is 0 Å². The zero-order chi connectivity index (χ0) is 8.39. The van der Waals surface area contributed by atoms with Crippen molar-refractivity contribution in [1.82, 2.24) is 4.90 Å². The van der Waals surface area contributed by atoms with Crippen LogP contribution in [0.25, 0.3) is 0 Å². The second-order valence-corrected chi connectivity index (χ2v) is 4.66. The Kier molecular flexibility index (Phi) is 2.69. The molecule has 2 atom stereocenters. The predicted octanol–water partition coefficient (Wildman–Crippen LogP) is 2.52. The molecule has 1 aliphatic carbocycles. The summed E-state index contributed by atoms with van der Waals surface area (Å²) in [6.45, 7) is 6.53. The van der Waals surface area contributed by atoms with Crippen molar-refractivity contribution >= 4 is 0 Å². The maximum atomic E-state index is 2.66. The summed E-state index contributed by atoms with van der Waals surface area (Å²) in [4.78, 5) is 2.66. The fraction of sp³-hybridized carbons (Fsp3) is 1.00. The van der Waals surface area contributed by atoms with E-state index in [0.29, 0.717) is 0 Å². The number of rotatable bonds is 3. The highest BCUT2D eigenvalue weighted by Gasteiger charge is 2.32. The molecule has 1 saturated heterocycles. The van der Waals surface area contributed by atoms with Crippen LogP contribution in [0.2, 0.25) is 0 Å². The molecule has 0 amide bonds. The maximum absolute atomic E-state index is 2.66. The highest BCUT2D eigenvalue weighted by Crippen LogP contribution is 2.40. The van der Waals surface area contributed by atoms with Gasteiger partial charge in [-0.3, -0.25) is 0 Å². The lowest BCUT2D eigenvalue weighted by atomic mass is 10.1. The lowest BCUT2D eigenvalue weighted by Gasteiger charge is -2.26. The molecule has 70 valence electrons. The van der Waals surface area contributed by atoms with E-state index in [1.165, 1.54) is 51.7 Å². The average Bonchev–Trinajstić information content (AvgIpc) is 2.81. The molecule has 0 N–H and O–H groups in total. The Labute approximate surface area is 76.1 Å². The van der Waals surface area contributed by atoms with E-state index in [4.69, 9.17) is 0 Å². The SMILES string of the molecule is CC1CC1CCN1CCCCC1. The van der Waals surface area contributed by atoms with Crippen LogP contribution in [0.5, 0.6) is 0 Å². The van der Waals surface area contributed by atoms with Crippen molar-refractivity contribution < 1.29 is 0 Å². The van der Waals surface area contributed by atoms with E-state index in [0.717, 1.165) is 11.8 Å². The first-order valence-corrected chi connectivity index (χ1v) is 5.58. The van der Waals surface area contributed by atoms with Crippen molar-refractivity contribution in [3.63, 3.8) is 0 Å². The van der Waals surface area contributed by atoms with Crippen LogP contribution in [0.1, 0.15) is 39.0 Å². The van der Waals surface area contributed by atoms with Crippen LogP contribution >= 0.6 is 0 Å². The molecule has 12 heavy (non-hydrogen) atoms. The molecule has 0 spiro atoms. The Morgan fingerprint density at radius 1 is 1.17 bits per heavy atom. The largest absolute Gasteiger partial charge is 0.303 e. The van der Waals surface area contributed by atoms with E-state index >= 15 is 0 Å². The van der Waals surface area contributed by atoms with E-state index < -0.39 is 0 Å². The summed E-state index contributed by atoms with van der Waals surface area (Å²) in [5.41, 5.74) is 0. The first kappa shape index (κ1) is 8.55. The molecular weight excluding hydrogens is 146 g/mol. The molecule has 1 aliphatic heterocycles. The summed E-state index contributed by atoms with van der Waals surface area (Å²) in [7, 11) is 0. The topological polar surface area (TPSA) is 3.24 Å². The Hall–Kier alpha value is -0.0400. The third-order valence-corrected chi connectivity index (χ3v) is 3.54. The molecule has 1 nitrogen and oxygen atoms in total. The Balaban J connectivity index is 1.59. The summed E-state index contributed by atoms with van der Waals surface area (Å²) in [6, 6.07) is 0. The fourth-order valence-corrected chi connectivity index (χ4v) is 2.33. The average molecular weight is 167 g/mol. The molecule has 2 rings (SSSR count). The Bertz CT molecular complexity index is 138. The molecule has 0 radical (unpaired) electrons. The Morgan fingerprint density at radius 2 is 1.83 bits per heavy atom. The van der Waals surface area contributed by atoms with Crippen LogP contribution in [0, 0.1) is 11.8 Å². The van der Waals surface area contributed by atoms with Crippen LogP contribution in [-0.2, 0) is 0 Å². The molecule has 0 aromatic rings. The van der Waals surface area contributed by atoms with Gasteiger partial charge in [-0.15, -0.1) is 0 Å². The summed E-state index contributed by atoms with van der Waals surface area (Å²) < 4.78 is 0. The zero-order valence-corrected chi connectivity index (χ0v) is 8.26. The minimum Gasteiger partial charge on any atom is -0.303 e. The summed E-state index contributed by atoms with van der Waals surface area (Å²) in [6.07, 6.45) is 7.34. The molecule has 2 fully saturated rings. The van der Waals surface area contributed by atoms with Crippen molar-refractivity contribution in [3.8, 4) is 0 Å². The third-order valence-electron chi connectivity index (χ3n) is 3.54. The number of hydrogen-bond donors (Lipinski definition) is 0. The normalized spacial score (nSPS) is 36.8. The first-order chi connectivity index (χ1) is 5.86. The molecule has 0 aromatic carbocycles. The van der Waals surface area contributed by atoms with Crippen molar-refractivity contribution in [2.45, 2.75) is 39.0 Å². The second-order valence-electron chi connectivity index (χ2n) is 4.66. The van der Waals surface area contributed by atoms with Gasteiger partial charge in [0.25, 0.3) is 0 Å². The highest BCUT2D eigenvalue weighted by atomic mass is 15.1. The molecule has 0 aromatic heterocycles. The lowest BCUT2D eigenvalue weighted by molar-refractivity contribution is 0.221. The van der Waals surface area contributed by atoms with Crippen molar-refractivity contribution in [2.75, 3.05) is 19.6 Å². The predicted molar refractivity (Wildman–Crippen MR) is 52.2 cm³/mol. The van der Waals surface area contributed by atoms with Crippen LogP contribution in [0.15, 0.2) is 0 Å². The molecule has 2 aliphatic rings. The minimum absolute atomic E-state index is 1.05. The monoisotopic (exact) mass is 167 g/mol. The van der Waals surface area contributed by atoms with Crippen molar-refractivity contribution in [3.05, 3.63) is 0 Å². The van der Waals surface area contributed by atoms with E-state index in [1.54, 1.807) is 0 Å². The van der Waals surface area contributed by atoms with Gasteiger partial charge in [0.1, 0.15) is 0 Å². The molecular formula is C11H21N. The van der Waals surface area contributed by atoms with E-state index in [1.807, 2.05) is 0 Å². The lowest BCUT2D eigenvalue weighted by Crippen LogP contribution is -2.30. The highest BCUT2D eigenvalue weighted by molar-refractivity contribution is 4.83. The molecule has 0 bridgehead atoms. The van der Waals surface area contributed by atoms with Crippen molar-refractivity contribution in [2.24, 2.45) is 11.8 Å². The molecule has 1 saturated carbocycles. The smallest absolute Gasteiger partial charge is 0.00160 e. The number of piperidine rings is 1. The second kappa shape index (κ2) is 3.78. The van der Waals surface area contributed by atoms with Gasteiger partial charge in [0.15, 0.2) is 0 Å². The first-order valence-electron chi connectivity index (χ1n) is 5.58. The van der Waals surface area contributed by atoms with Crippen molar-refractivity contribution in [1.29, 1.82) is 0 Å². The number of nitrogens with zero attached hydrogens (tertiary/aromatic N) is 1. The van der Waals surface area contributed by atoms with Gasteiger partial charge in [-0.25, -0.2) is 0 Å². The summed E-state index contributed by atoms with van der Waals surface area (Å²) in [5, 5.41) is 0. The summed E-state index contributed by atoms with van der Waals surface area (Å²) in [5.74, 6) is 2.14. The third kappa shape index (κ3) is 2.22. The zero-order valence-electron chi connectivity index (χ0n) is 8.26. The fourth-order valence-electron chi connectivity index (χ4n) is 2.33. The summed E-state index contributed by atoms with van der Waals surface area (Å²) >= 11 is 0. The quantitative estimate of drug-likeness (QED) is 0.624. The number of likely N-dealkylation sites (tertiary alicyclic amines) is 1. The van der Waals surface area contributed by atoms with Gasteiger partial charge in [0.2, 0.25) is 0 Å². The van der Waals surface area contributed by atoms with Gasteiger partial charge in [-0.05, 0) is 57.2 Å². The van der Waals surface area contributed by atoms with E-state index in [2.05, 4.69) is 11.8 Å². The van der Waals surface area contributed by atoms with Gasteiger partial charge in [-0.1, -0.05) is 13.3 Å². The van der Waals surface area contributed by atoms with Gasteiger partial charge < -0.3 is 4.90 Å². The molecule has 1 heterocycles. The van der Waals surface area contributed by atoms with Gasteiger partial charge >= 0.3 is 0 Å². The van der Waals surface area contributed by atoms with Crippen LogP contribution < -0.4 is 0 Å². The number of hydrogen-bond acceptors (Lipinski definition) is 1. The molecule has 1 heteroatoms. The Morgan fingerprint density at radius 3 is 2.42 bits per heavy atom. The minimum atomic E-state index is 1.05. The standard InChI is InChI=1S/C11H21N/c1-10-9-11(10)5-8-12-6-3-2-4-7-12/h10-11H,2-9H2,1H3. The van der Waals surface area contributed by atoms with Crippen LogP contribution in [0.4, 0.5) is 0 Å². The maximum Gasteiger partial charge on any atom is -0.00160 e. The van der Waals surface area contributed by atoms with Gasteiger partial charge in [0, 0.05) is 0 Å². The van der Waals surface area contributed by atoms with Crippen LogP contribution in [-0.4, -0.2) is 24.5 Å². The van der Waals surface area contributed by atoms with Crippen LogP contribution in [0.3, 0.4) is 0 Å². The van der Waals surface area contributed by atoms with Gasteiger partial charge in [0.05, 0.1) is 0 Å².